The number of hydrogen-bond acceptors (Lipinski definition) is 3. The topological polar surface area (TPSA) is 64.7 Å². The SMILES string of the molecule is Cc1nn(CC(C)C(=O)NCc2cc(C)n(C)n2)c(C)c1Cl. The van der Waals surface area contributed by atoms with Crippen LogP contribution in [0.2, 0.25) is 5.02 Å². The highest BCUT2D eigenvalue weighted by Gasteiger charge is 2.17. The van der Waals surface area contributed by atoms with E-state index in [1.54, 1.807) is 9.36 Å². The lowest BCUT2D eigenvalue weighted by atomic mass is 10.1. The van der Waals surface area contributed by atoms with Gasteiger partial charge in [0, 0.05) is 12.7 Å². The van der Waals surface area contributed by atoms with Gasteiger partial charge in [0.25, 0.3) is 0 Å². The molecule has 0 aromatic carbocycles. The highest BCUT2D eigenvalue weighted by molar-refractivity contribution is 6.31. The predicted octanol–water partition coefficient (Wildman–Crippen LogP) is 2.15. The van der Waals surface area contributed by atoms with Crippen LogP contribution in [0, 0.1) is 26.7 Å². The molecular formula is C15H22ClN5O. The predicted molar refractivity (Wildman–Crippen MR) is 85.7 cm³/mol. The largest absolute Gasteiger partial charge is 0.350 e. The number of carbonyl (C=O) groups is 1. The summed E-state index contributed by atoms with van der Waals surface area (Å²) in [6.07, 6.45) is 0. The molecule has 0 spiro atoms. The number of aromatic nitrogens is 4. The van der Waals surface area contributed by atoms with Crippen LogP contribution in [0.15, 0.2) is 6.07 Å². The summed E-state index contributed by atoms with van der Waals surface area (Å²) in [4.78, 5) is 12.2. The zero-order valence-corrected chi connectivity index (χ0v) is 14.4. The number of nitrogens with one attached hydrogen (secondary N) is 1. The minimum atomic E-state index is -0.195. The van der Waals surface area contributed by atoms with Crippen molar-refractivity contribution in [2.45, 2.75) is 40.8 Å². The number of halogens is 1. The first-order chi connectivity index (χ1) is 10.3. The Morgan fingerprint density at radius 1 is 1.36 bits per heavy atom. The summed E-state index contributed by atoms with van der Waals surface area (Å²) in [5.74, 6) is -0.217. The summed E-state index contributed by atoms with van der Waals surface area (Å²) in [6.45, 7) is 8.57. The standard InChI is InChI=1S/C15H22ClN5O/c1-9(8-21-12(4)14(16)11(3)18-21)15(22)17-7-13-6-10(2)20(5)19-13/h6,9H,7-8H2,1-5H3,(H,17,22). The van der Waals surface area contributed by atoms with Crippen LogP contribution in [0.1, 0.15) is 29.7 Å². The molecule has 6 nitrogen and oxygen atoms in total. The van der Waals surface area contributed by atoms with Gasteiger partial charge in [0.2, 0.25) is 5.91 Å². The maximum absolute atomic E-state index is 12.2. The monoisotopic (exact) mass is 323 g/mol. The molecule has 2 rings (SSSR count). The molecule has 0 aliphatic rings. The summed E-state index contributed by atoms with van der Waals surface area (Å²) >= 11 is 6.13. The zero-order chi connectivity index (χ0) is 16.4. The molecule has 1 N–H and O–H groups in total. The first-order valence-corrected chi connectivity index (χ1v) is 7.64. The zero-order valence-electron chi connectivity index (χ0n) is 13.6. The number of hydrogen-bond donors (Lipinski definition) is 1. The average Bonchev–Trinajstić information content (AvgIpc) is 2.91. The van der Waals surface area contributed by atoms with Crippen molar-refractivity contribution in [2.24, 2.45) is 13.0 Å². The van der Waals surface area contributed by atoms with Crippen molar-refractivity contribution in [3.8, 4) is 0 Å². The second-order valence-electron chi connectivity index (χ2n) is 5.69. The molecule has 0 saturated carbocycles. The van der Waals surface area contributed by atoms with Gasteiger partial charge in [0.1, 0.15) is 0 Å². The number of rotatable bonds is 5. The molecule has 0 aliphatic carbocycles. The summed E-state index contributed by atoms with van der Waals surface area (Å²) in [5.41, 5.74) is 3.60. The summed E-state index contributed by atoms with van der Waals surface area (Å²) < 4.78 is 3.58. The van der Waals surface area contributed by atoms with Crippen LogP contribution in [-0.4, -0.2) is 25.5 Å². The third kappa shape index (κ3) is 3.50. The van der Waals surface area contributed by atoms with E-state index in [0.29, 0.717) is 18.1 Å². The minimum Gasteiger partial charge on any atom is -0.350 e. The Balaban J connectivity index is 1.93. The Hall–Kier alpha value is -1.82. The van der Waals surface area contributed by atoms with Crippen LogP contribution in [0.3, 0.4) is 0 Å². The van der Waals surface area contributed by atoms with E-state index >= 15 is 0 Å². The third-order valence-corrected chi connectivity index (χ3v) is 4.34. The highest BCUT2D eigenvalue weighted by atomic mass is 35.5. The van der Waals surface area contributed by atoms with Crippen molar-refractivity contribution in [1.29, 1.82) is 0 Å². The van der Waals surface area contributed by atoms with Crippen molar-refractivity contribution in [1.82, 2.24) is 24.9 Å². The van der Waals surface area contributed by atoms with Crippen LogP contribution in [0.5, 0.6) is 0 Å². The van der Waals surface area contributed by atoms with Crippen LogP contribution < -0.4 is 5.32 Å². The van der Waals surface area contributed by atoms with Gasteiger partial charge in [0.15, 0.2) is 0 Å². The lowest BCUT2D eigenvalue weighted by molar-refractivity contribution is -0.125. The Morgan fingerprint density at radius 3 is 2.55 bits per heavy atom. The molecule has 0 bridgehead atoms. The normalized spacial score (nSPS) is 12.5. The molecule has 120 valence electrons. The fourth-order valence-electron chi connectivity index (χ4n) is 2.27. The van der Waals surface area contributed by atoms with Gasteiger partial charge in [0.05, 0.1) is 41.1 Å². The minimum absolute atomic E-state index is 0.0213. The van der Waals surface area contributed by atoms with E-state index in [1.807, 2.05) is 40.8 Å². The quantitative estimate of drug-likeness (QED) is 0.917. The van der Waals surface area contributed by atoms with E-state index in [1.165, 1.54) is 0 Å². The van der Waals surface area contributed by atoms with Gasteiger partial charge in [-0.1, -0.05) is 18.5 Å². The fraction of sp³-hybridized carbons (Fsp3) is 0.533. The second kappa shape index (κ2) is 6.52. The molecule has 0 saturated heterocycles. The highest BCUT2D eigenvalue weighted by Crippen LogP contribution is 2.19. The Kier molecular flexibility index (Phi) is 4.90. The van der Waals surface area contributed by atoms with Crippen molar-refractivity contribution >= 4 is 17.5 Å². The lowest BCUT2D eigenvalue weighted by Gasteiger charge is -2.13. The summed E-state index contributed by atoms with van der Waals surface area (Å²) in [5, 5.41) is 12.3. The van der Waals surface area contributed by atoms with E-state index in [0.717, 1.165) is 22.8 Å². The van der Waals surface area contributed by atoms with E-state index < -0.39 is 0 Å². The van der Waals surface area contributed by atoms with Crippen LogP contribution >= 0.6 is 11.6 Å². The third-order valence-electron chi connectivity index (χ3n) is 3.80. The average molecular weight is 324 g/mol. The van der Waals surface area contributed by atoms with Crippen LogP contribution in [-0.2, 0) is 24.9 Å². The van der Waals surface area contributed by atoms with Crippen molar-refractivity contribution in [2.75, 3.05) is 0 Å². The van der Waals surface area contributed by atoms with Gasteiger partial charge in [-0.2, -0.15) is 10.2 Å². The van der Waals surface area contributed by atoms with Gasteiger partial charge in [-0.15, -0.1) is 0 Å². The Bertz CT molecular complexity index is 669. The molecule has 0 radical (unpaired) electrons. The summed E-state index contributed by atoms with van der Waals surface area (Å²) in [7, 11) is 1.88. The fourth-order valence-corrected chi connectivity index (χ4v) is 2.40. The van der Waals surface area contributed by atoms with Crippen LogP contribution in [0.4, 0.5) is 0 Å². The maximum atomic E-state index is 12.2. The Morgan fingerprint density at radius 2 is 2.05 bits per heavy atom. The number of amides is 1. The molecule has 0 aliphatic heterocycles. The smallest absolute Gasteiger partial charge is 0.225 e. The first-order valence-electron chi connectivity index (χ1n) is 7.26. The maximum Gasteiger partial charge on any atom is 0.225 e. The molecule has 1 atom stereocenters. The van der Waals surface area contributed by atoms with Gasteiger partial charge < -0.3 is 5.32 Å². The van der Waals surface area contributed by atoms with E-state index in [9.17, 15) is 4.79 Å². The van der Waals surface area contributed by atoms with Crippen molar-refractivity contribution in [3.05, 3.63) is 33.9 Å². The molecule has 2 heterocycles. The molecular weight excluding hydrogens is 302 g/mol. The summed E-state index contributed by atoms with van der Waals surface area (Å²) in [6, 6.07) is 1.96. The first kappa shape index (κ1) is 16.5. The number of aryl methyl sites for hydroxylation is 3. The Labute approximate surface area is 135 Å². The molecule has 2 aromatic rings. The molecule has 22 heavy (non-hydrogen) atoms. The second-order valence-corrected chi connectivity index (χ2v) is 6.06. The van der Waals surface area contributed by atoms with E-state index in [-0.39, 0.29) is 11.8 Å². The number of carbonyl (C=O) groups excluding carboxylic acids is 1. The molecule has 1 unspecified atom stereocenters. The van der Waals surface area contributed by atoms with Crippen LogP contribution in [0.25, 0.3) is 0 Å². The molecule has 1 amide bonds. The molecule has 2 aromatic heterocycles. The molecule has 7 heteroatoms. The van der Waals surface area contributed by atoms with Gasteiger partial charge in [-0.25, -0.2) is 0 Å². The van der Waals surface area contributed by atoms with Gasteiger partial charge >= 0.3 is 0 Å². The lowest BCUT2D eigenvalue weighted by Crippen LogP contribution is -2.31. The van der Waals surface area contributed by atoms with E-state index in [4.69, 9.17) is 11.6 Å². The van der Waals surface area contributed by atoms with Gasteiger partial charge in [-0.05, 0) is 26.8 Å². The van der Waals surface area contributed by atoms with E-state index in [2.05, 4.69) is 15.5 Å². The molecule has 0 fully saturated rings. The van der Waals surface area contributed by atoms with Crippen molar-refractivity contribution in [3.63, 3.8) is 0 Å². The number of nitrogens with zero attached hydrogens (tertiary/aromatic N) is 4. The van der Waals surface area contributed by atoms with Gasteiger partial charge in [-0.3, -0.25) is 14.2 Å². The van der Waals surface area contributed by atoms with Crippen molar-refractivity contribution < 1.29 is 4.79 Å².